The third kappa shape index (κ3) is 5.05. The van der Waals surface area contributed by atoms with Gasteiger partial charge in [0.1, 0.15) is 0 Å². The summed E-state index contributed by atoms with van der Waals surface area (Å²) in [5.41, 5.74) is 2.83. The van der Waals surface area contributed by atoms with E-state index in [0.717, 1.165) is 19.5 Å². The van der Waals surface area contributed by atoms with Gasteiger partial charge in [0.05, 0.1) is 0 Å². The maximum atomic E-state index is 4.00. The summed E-state index contributed by atoms with van der Waals surface area (Å²) >= 11 is 0. The van der Waals surface area contributed by atoms with Gasteiger partial charge >= 0.3 is 0 Å². The summed E-state index contributed by atoms with van der Waals surface area (Å²) in [5, 5.41) is 3.54. The van der Waals surface area contributed by atoms with Gasteiger partial charge in [-0.25, -0.2) is 0 Å². The molecule has 100 valence electrons. The average Bonchev–Trinajstić information content (AvgIpc) is 2.32. The minimum absolute atomic E-state index is 0.129. The molecule has 0 heterocycles. The van der Waals surface area contributed by atoms with Crippen LogP contribution in [0.5, 0.6) is 0 Å². The van der Waals surface area contributed by atoms with Gasteiger partial charge in [-0.2, -0.15) is 0 Å². The number of hydrogen-bond acceptors (Lipinski definition) is 1. The highest BCUT2D eigenvalue weighted by Crippen LogP contribution is 2.23. The summed E-state index contributed by atoms with van der Waals surface area (Å²) in [6.45, 7) is 14.9. The molecule has 1 N–H and O–H groups in total. The highest BCUT2D eigenvalue weighted by atomic mass is 14.9. The monoisotopic (exact) mass is 245 g/mol. The van der Waals surface area contributed by atoms with Crippen LogP contribution in [0.1, 0.15) is 31.9 Å². The van der Waals surface area contributed by atoms with Crippen molar-refractivity contribution in [2.75, 3.05) is 13.1 Å². The van der Waals surface area contributed by atoms with E-state index in [2.05, 4.69) is 69.9 Å². The van der Waals surface area contributed by atoms with Crippen molar-refractivity contribution >= 4 is 0 Å². The lowest BCUT2D eigenvalue weighted by Gasteiger charge is -2.27. The smallest absolute Gasteiger partial charge is 0.00431 e. The Morgan fingerprint density at radius 3 is 2.39 bits per heavy atom. The molecular formula is C17H27N. The molecule has 0 saturated carbocycles. The fraction of sp³-hybridized carbons (Fsp3) is 0.529. The van der Waals surface area contributed by atoms with Crippen LogP contribution in [-0.4, -0.2) is 13.1 Å². The molecule has 0 radical (unpaired) electrons. The Morgan fingerprint density at radius 2 is 1.89 bits per heavy atom. The van der Waals surface area contributed by atoms with Crippen LogP contribution >= 0.6 is 0 Å². The van der Waals surface area contributed by atoms with Crippen molar-refractivity contribution in [3.8, 4) is 0 Å². The van der Waals surface area contributed by atoms with Crippen molar-refractivity contribution < 1.29 is 0 Å². The molecule has 1 rings (SSSR count). The van der Waals surface area contributed by atoms with Crippen LogP contribution in [0.15, 0.2) is 36.9 Å². The summed E-state index contributed by atoms with van der Waals surface area (Å²) < 4.78 is 0. The molecule has 0 saturated heterocycles. The van der Waals surface area contributed by atoms with E-state index in [0.29, 0.717) is 5.92 Å². The minimum Gasteiger partial charge on any atom is -0.316 e. The molecular weight excluding hydrogens is 218 g/mol. The molecule has 18 heavy (non-hydrogen) atoms. The number of hydrogen-bond donors (Lipinski definition) is 1. The van der Waals surface area contributed by atoms with Gasteiger partial charge in [0.15, 0.2) is 0 Å². The van der Waals surface area contributed by atoms with Crippen molar-refractivity contribution in [1.29, 1.82) is 0 Å². The van der Waals surface area contributed by atoms with Crippen LogP contribution in [0.3, 0.4) is 0 Å². The lowest BCUT2D eigenvalue weighted by atomic mass is 9.83. The molecule has 0 aliphatic carbocycles. The van der Waals surface area contributed by atoms with E-state index in [1.54, 1.807) is 0 Å². The summed E-state index contributed by atoms with van der Waals surface area (Å²) in [6.07, 6.45) is 3.13. The molecule has 0 bridgehead atoms. The van der Waals surface area contributed by atoms with Crippen LogP contribution in [-0.2, 0) is 6.42 Å². The quantitative estimate of drug-likeness (QED) is 0.717. The van der Waals surface area contributed by atoms with Gasteiger partial charge in [-0.3, -0.25) is 0 Å². The number of benzene rings is 1. The van der Waals surface area contributed by atoms with E-state index in [4.69, 9.17) is 0 Å². The Balaban J connectivity index is 2.58. The molecule has 1 aromatic rings. The molecule has 0 aliphatic heterocycles. The Hall–Kier alpha value is -1.08. The Kier molecular flexibility index (Phi) is 5.61. The van der Waals surface area contributed by atoms with Crippen LogP contribution in [0.4, 0.5) is 0 Å². The van der Waals surface area contributed by atoms with Gasteiger partial charge in [0, 0.05) is 12.0 Å². The molecule has 1 aromatic carbocycles. The first-order valence-electron chi connectivity index (χ1n) is 6.85. The first-order valence-corrected chi connectivity index (χ1v) is 6.85. The lowest BCUT2D eigenvalue weighted by Crippen LogP contribution is -2.34. The zero-order valence-corrected chi connectivity index (χ0v) is 12.3. The normalized spacial score (nSPS) is 14.5. The van der Waals surface area contributed by atoms with Crippen molar-refractivity contribution in [3.63, 3.8) is 0 Å². The number of aryl methyl sites for hydroxylation is 1. The third-order valence-electron chi connectivity index (χ3n) is 3.30. The predicted octanol–water partition coefficient (Wildman–Crippen LogP) is 3.98. The van der Waals surface area contributed by atoms with Crippen molar-refractivity contribution in [2.24, 2.45) is 11.3 Å². The van der Waals surface area contributed by atoms with E-state index in [9.17, 15) is 0 Å². The van der Waals surface area contributed by atoms with E-state index in [-0.39, 0.29) is 5.41 Å². The van der Waals surface area contributed by atoms with Crippen LogP contribution in [0.25, 0.3) is 0 Å². The predicted molar refractivity (Wildman–Crippen MR) is 80.9 cm³/mol. The summed E-state index contributed by atoms with van der Waals surface area (Å²) in [5.74, 6) is 0.693. The molecule has 1 heteroatoms. The molecule has 1 unspecified atom stereocenters. The third-order valence-corrected chi connectivity index (χ3v) is 3.30. The Morgan fingerprint density at radius 1 is 1.28 bits per heavy atom. The second-order valence-corrected chi connectivity index (χ2v) is 6.05. The molecule has 0 aliphatic rings. The second-order valence-electron chi connectivity index (χ2n) is 6.05. The van der Waals surface area contributed by atoms with Crippen LogP contribution in [0, 0.1) is 18.3 Å². The maximum Gasteiger partial charge on any atom is 0.00431 e. The molecule has 1 nitrogen and oxygen atoms in total. The highest BCUT2D eigenvalue weighted by Gasteiger charge is 2.20. The Labute approximate surface area is 112 Å². The largest absolute Gasteiger partial charge is 0.316 e. The van der Waals surface area contributed by atoms with Crippen molar-refractivity contribution in [1.82, 2.24) is 5.32 Å². The minimum atomic E-state index is 0.129. The van der Waals surface area contributed by atoms with Gasteiger partial charge in [0.25, 0.3) is 0 Å². The lowest BCUT2D eigenvalue weighted by molar-refractivity contribution is 0.378. The van der Waals surface area contributed by atoms with Crippen LogP contribution < -0.4 is 5.32 Å². The topological polar surface area (TPSA) is 12.0 Å². The molecule has 0 fully saturated rings. The zero-order chi connectivity index (χ0) is 13.6. The second kappa shape index (κ2) is 6.75. The molecule has 1 atom stereocenters. The standard InChI is InChI=1S/C17H27N/c1-6-17(5,13-18-12-14(2)3)11-16-9-7-15(4)8-10-16/h6-10,14,18H,1,11-13H2,2-5H3. The summed E-state index contributed by atoms with van der Waals surface area (Å²) in [4.78, 5) is 0. The van der Waals surface area contributed by atoms with E-state index in [1.165, 1.54) is 11.1 Å². The van der Waals surface area contributed by atoms with E-state index in [1.807, 2.05) is 0 Å². The van der Waals surface area contributed by atoms with Crippen molar-refractivity contribution in [3.05, 3.63) is 48.0 Å². The molecule has 0 spiro atoms. The Bertz CT molecular complexity index is 364. The first-order chi connectivity index (χ1) is 8.45. The van der Waals surface area contributed by atoms with Crippen molar-refractivity contribution in [2.45, 2.75) is 34.1 Å². The fourth-order valence-corrected chi connectivity index (χ4v) is 2.03. The van der Waals surface area contributed by atoms with Gasteiger partial charge in [-0.05, 0) is 31.4 Å². The zero-order valence-electron chi connectivity index (χ0n) is 12.3. The maximum absolute atomic E-state index is 4.00. The number of rotatable bonds is 7. The summed E-state index contributed by atoms with van der Waals surface area (Å²) in [7, 11) is 0. The highest BCUT2D eigenvalue weighted by molar-refractivity contribution is 5.23. The summed E-state index contributed by atoms with van der Waals surface area (Å²) in [6, 6.07) is 8.81. The SMILES string of the molecule is C=CC(C)(CNCC(C)C)Cc1ccc(C)cc1. The molecule has 0 aromatic heterocycles. The van der Waals surface area contributed by atoms with Crippen LogP contribution in [0.2, 0.25) is 0 Å². The van der Waals surface area contributed by atoms with E-state index < -0.39 is 0 Å². The van der Waals surface area contributed by atoms with Gasteiger partial charge < -0.3 is 5.32 Å². The fourth-order valence-electron chi connectivity index (χ4n) is 2.03. The average molecular weight is 245 g/mol. The first kappa shape index (κ1) is 15.0. The van der Waals surface area contributed by atoms with Gasteiger partial charge in [-0.15, -0.1) is 6.58 Å². The van der Waals surface area contributed by atoms with E-state index >= 15 is 0 Å². The van der Waals surface area contributed by atoms with Gasteiger partial charge in [0.2, 0.25) is 0 Å². The van der Waals surface area contributed by atoms with Gasteiger partial charge in [-0.1, -0.05) is 56.7 Å². The molecule has 0 amide bonds. The number of nitrogens with one attached hydrogen (secondary N) is 1.